The van der Waals surface area contributed by atoms with Crippen LogP contribution in [0.2, 0.25) is 0 Å². The number of piperazine rings is 1. The van der Waals surface area contributed by atoms with E-state index in [-0.39, 0.29) is 36.6 Å². The summed E-state index contributed by atoms with van der Waals surface area (Å²) >= 11 is 0. The molecule has 0 bridgehead atoms. The van der Waals surface area contributed by atoms with Crippen LogP contribution in [0.25, 0.3) is 0 Å². The first-order chi connectivity index (χ1) is 12.0. The van der Waals surface area contributed by atoms with Gasteiger partial charge in [-0.3, -0.25) is 9.59 Å². The molecule has 1 aliphatic heterocycles. The third kappa shape index (κ3) is 3.65. The summed E-state index contributed by atoms with van der Waals surface area (Å²) in [6.45, 7) is 4.46. The highest BCUT2D eigenvalue weighted by molar-refractivity contribution is 5.98. The molecule has 130 valence electrons. The molecule has 3 rings (SSSR count). The average molecular weight is 338 g/mol. The van der Waals surface area contributed by atoms with Crippen LogP contribution in [-0.4, -0.2) is 41.0 Å². The Kier molecular flexibility index (Phi) is 4.74. The van der Waals surface area contributed by atoms with E-state index < -0.39 is 0 Å². The molecule has 1 atom stereocenters. The molecule has 1 heterocycles. The summed E-state index contributed by atoms with van der Waals surface area (Å²) in [7, 11) is 0. The minimum Gasteiger partial charge on any atom is -0.508 e. The number of amides is 2. The molecular formula is C20H22N2O3. The van der Waals surface area contributed by atoms with Gasteiger partial charge in [0.15, 0.2) is 0 Å². The van der Waals surface area contributed by atoms with E-state index in [0.717, 1.165) is 11.3 Å². The molecule has 0 aromatic heterocycles. The van der Waals surface area contributed by atoms with Gasteiger partial charge in [-0.15, -0.1) is 0 Å². The van der Waals surface area contributed by atoms with Crippen molar-refractivity contribution in [2.45, 2.75) is 26.3 Å². The van der Waals surface area contributed by atoms with Gasteiger partial charge in [0.1, 0.15) is 12.3 Å². The molecule has 1 fully saturated rings. The molecule has 2 aromatic carbocycles. The number of phenols is 1. The molecule has 1 aliphatic rings. The fourth-order valence-corrected chi connectivity index (χ4v) is 3.16. The number of aromatic hydroxyl groups is 1. The SMILES string of the molecule is Cc1cccc(N2C[C@H](C)N(C(=O)Cc3ccccc3O)CC2=O)c1. The molecule has 2 amide bonds. The Balaban J connectivity index is 1.73. The highest BCUT2D eigenvalue weighted by Gasteiger charge is 2.33. The van der Waals surface area contributed by atoms with Crippen molar-refractivity contribution in [2.24, 2.45) is 0 Å². The minimum absolute atomic E-state index is 0.0571. The summed E-state index contributed by atoms with van der Waals surface area (Å²) < 4.78 is 0. The molecule has 0 unspecified atom stereocenters. The molecule has 1 saturated heterocycles. The quantitative estimate of drug-likeness (QED) is 0.935. The Bertz CT molecular complexity index is 803. The van der Waals surface area contributed by atoms with Crippen molar-refractivity contribution in [1.29, 1.82) is 0 Å². The van der Waals surface area contributed by atoms with Crippen LogP contribution in [0.4, 0.5) is 5.69 Å². The molecule has 5 nitrogen and oxygen atoms in total. The number of anilines is 1. The predicted octanol–water partition coefficient (Wildman–Crippen LogP) is 2.51. The number of benzene rings is 2. The summed E-state index contributed by atoms with van der Waals surface area (Å²) in [6, 6.07) is 14.5. The van der Waals surface area contributed by atoms with E-state index in [0.29, 0.717) is 12.1 Å². The third-order valence-corrected chi connectivity index (χ3v) is 4.55. The van der Waals surface area contributed by atoms with Gasteiger partial charge in [0.2, 0.25) is 11.8 Å². The van der Waals surface area contributed by atoms with E-state index in [1.54, 1.807) is 34.1 Å². The van der Waals surface area contributed by atoms with Crippen molar-refractivity contribution in [3.8, 4) is 5.75 Å². The maximum absolute atomic E-state index is 12.6. The average Bonchev–Trinajstić information content (AvgIpc) is 2.58. The Morgan fingerprint density at radius 1 is 1.20 bits per heavy atom. The van der Waals surface area contributed by atoms with Crippen LogP contribution in [0.1, 0.15) is 18.1 Å². The molecular weight excluding hydrogens is 316 g/mol. The first-order valence-electron chi connectivity index (χ1n) is 8.39. The Morgan fingerprint density at radius 3 is 2.68 bits per heavy atom. The zero-order chi connectivity index (χ0) is 18.0. The van der Waals surface area contributed by atoms with E-state index >= 15 is 0 Å². The smallest absolute Gasteiger partial charge is 0.246 e. The van der Waals surface area contributed by atoms with Gasteiger partial charge in [-0.25, -0.2) is 0 Å². The number of phenolic OH excluding ortho intramolecular Hbond substituents is 1. The van der Waals surface area contributed by atoms with Crippen LogP contribution < -0.4 is 4.90 Å². The number of carbonyl (C=O) groups excluding carboxylic acids is 2. The second-order valence-electron chi connectivity index (χ2n) is 6.52. The van der Waals surface area contributed by atoms with Crippen LogP contribution in [-0.2, 0) is 16.0 Å². The van der Waals surface area contributed by atoms with Crippen molar-refractivity contribution in [3.05, 3.63) is 59.7 Å². The Hall–Kier alpha value is -2.82. The van der Waals surface area contributed by atoms with Gasteiger partial charge in [0.25, 0.3) is 0 Å². The van der Waals surface area contributed by atoms with Crippen molar-refractivity contribution in [2.75, 3.05) is 18.0 Å². The molecule has 0 saturated carbocycles. The largest absolute Gasteiger partial charge is 0.508 e. The molecule has 1 N–H and O–H groups in total. The van der Waals surface area contributed by atoms with Crippen molar-refractivity contribution in [3.63, 3.8) is 0 Å². The zero-order valence-electron chi connectivity index (χ0n) is 14.5. The lowest BCUT2D eigenvalue weighted by Crippen LogP contribution is -2.57. The van der Waals surface area contributed by atoms with Crippen LogP contribution in [0.15, 0.2) is 48.5 Å². The highest BCUT2D eigenvalue weighted by atomic mass is 16.3. The van der Waals surface area contributed by atoms with E-state index in [1.165, 1.54) is 0 Å². The van der Waals surface area contributed by atoms with Crippen molar-refractivity contribution < 1.29 is 14.7 Å². The first kappa shape index (κ1) is 17.0. The monoisotopic (exact) mass is 338 g/mol. The summed E-state index contributed by atoms with van der Waals surface area (Å²) in [5.74, 6) is -0.131. The lowest BCUT2D eigenvalue weighted by molar-refractivity contribution is -0.138. The van der Waals surface area contributed by atoms with Gasteiger partial charge in [-0.05, 0) is 37.6 Å². The lowest BCUT2D eigenvalue weighted by atomic mass is 10.1. The van der Waals surface area contributed by atoms with Gasteiger partial charge in [-0.2, -0.15) is 0 Å². The molecule has 25 heavy (non-hydrogen) atoms. The molecule has 0 spiro atoms. The number of nitrogens with zero attached hydrogens (tertiary/aromatic N) is 2. The standard InChI is InChI=1S/C20H22N2O3/c1-14-6-5-8-17(10-14)22-12-15(2)21(13-20(22)25)19(24)11-16-7-3-4-9-18(16)23/h3-10,15,23H,11-13H2,1-2H3/t15-/m0/s1. The summed E-state index contributed by atoms with van der Waals surface area (Å²) in [5, 5.41) is 9.85. The summed E-state index contributed by atoms with van der Waals surface area (Å²) in [6.07, 6.45) is 0.0920. The number of hydrogen-bond donors (Lipinski definition) is 1. The van der Waals surface area contributed by atoms with Gasteiger partial charge >= 0.3 is 0 Å². The van der Waals surface area contributed by atoms with Crippen molar-refractivity contribution in [1.82, 2.24) is 4.90 Å². The third-order valence-electron chi connectivity index (χ3n) is 4.55. The first-order valence-corrected chi connectivity index (χ1v) is 8.39. The Morgan fingerprint density at radius 2 is 1.96 bits per heavy atom. The maximum Gasteiger partial charge on any atom is 0.246 e. The van der Waals surface area contributed by atoms with Gasteiger partial charge < -0.3 is 14.9 Å². The molecule has 0 aliphatic carbocycles. The van der Waals surface area contributed by atoms with Gasteiger partial charge in [-0.1, -0.05) is 30.3 Å². The van der Waals surface area contributed by atoms with Gasteiger partial charge in [0.05, 0.1) is 6.42 Å². The van der Waals surface area contributed by atoms with E-state index in [2.05, 4.69) is 0 Å². The van der Waals surface area contributed by atoms with E-state index in [4.69, 9.17) is 0 Å². The minimum atomic E-state index is -0.147. The number of rotatable bonds is 3. The predicted molar refractivity (Wildman–Crippen MR) is 96.5 cm³/mol. The molecule has 2 aromatic rings. The second kappa shape index (κ2) is 6.97. The van der Waals surface area contributed by atoms with E-state index in [1.807, 2.05) is 38.1 Å². The highest BCUT2D eigenvalue weighted by Crippen LogP contribution is 2.23. The molecule has 0 radical (unpaired) electrons. The van der Waals surface area contributed by atoms with Crippen LogP contribution in [0.3, 0.4) is 0 Å². The number of aryl methyl sites for hydroxylation is 1. The fourth-order valence-electron chi connectivity index (χ4n) is 3.16. The van der Waals surface area contributed by atoms with Crippen LogP contribution in [0, 0.1) is 6.92 Å². The van der Waals surface area contributed by atoms with Crippen LogP contribution in [0.5, 0.6) is 5.75 Å². The Labute approximate surface area is 147 Å². The van der Waals surface area contributed by atoms with E-state index in [9.17, 15) is 14.7 Å². The second-order valence-corrected chi connectivity index (χ2v) is 6.52. The lowest BCUT2D eigenvalue weighted by Gasteiger charge is -2.39. The number of carbonyl (C=O) groups is 2. The van der Waals surface area contributed by atoms with Crippen LogP contribution >= 0.6 is 0 Å². The number of hydrogen-bond acceptors (Lipinski definition) is 3. The number of para-hydroxylation sites is 1. The summed E-state index contributed by atoms with van der Waals surface area (Å²) in [5.41, 5.74) is 2.54. The normalized spacial score (nSPS) is 17.7. The maximum atomic E-state index is 12.6. The molecule has 5 heteroatoms. The topological polar surface area (TPSA) is 60.9 Å². The van der Waals surface area contributed by atoms with Gasteiger partial charge in [0, 0.05) is 23.8 Å². The zero-order valence-corrected chi connectivity index (χ0v) is 14.5. The van der Waals surface area contributed by atoms with Crippen molar-refractivity contribution >= 4 is 17.5 Å². The summed E-state index contributed by atoms with van der Waals surface area (Å²) in [4.78, 5) is 28.5. The fraction of sp³-hybridized carbons (Fsp3) is 0.300.